The van der Waals surface area contributed by atoms with Crippen molar-refractivity contribution in [3.05, 3.63) is 76.2 Å². The second-order valence-electron chi connectivity index (χ2n) is 4.53. The molecule has 5 heteroatoms. The fourth-order valence-electron chi connectivity index (χ4n) is 1.81. The normalized spacial score (nSPS) is 11.9. The van der Waals surface area contributed by atoms with Gasteiger partial charge in [-0.25, -0.2) is 13.1 Å². The van der Waals surface area contributed by atoms with Gasteiger partial charge in [-0.2, -0.15) is 0 Å². The Morgan fingerprint density at radius 2 is 1.81 bits per heavy atom. The predicted molar refractivity (Wildman–Crippen MR) is 87.6 cm³/mol. The molecular formula is C16H16ClNO2S. The highest BCUT2D eigenvalue weighted by molar-refractivity contribution is 7.92. The maximum absolute atomic E-state index is 11.8. The van der Waals surface area contributed by atoms with Gasteiger partial charge in [0.15, 0.2) is 0 Å². The van der Waals surface area contributed by atoms with E-state index >= 15 is 0 Å². The average Bonchev–Trinajstić information content (AvgIpc) is 2.46. The summed E-state index contributed by atoms with van der Waals surface area (Å²) in [6.07, 6.45) is 2.17. The molecule has 0 amide bonds. The smallest absolute Gasteiger partial charge is 0.211 e. The first kappa shape index (κ1) is 15.8. The molecule has 0 aromatic heterocycles. The molecular weight excluding hydrogens is 306 g/mol. The van der Waals surface area contributed by atoms with Gasteiger partial charge in [-0.1, -0.05) is 54.1 Å². The van der Waals surface area contributed by atoms with E-state index in [1.54, 1.807) is 12.1 Å². The highest BCUT2D eigenvalue weighted by Gasteiger charge is 2.04. The van der Waals surface area contributed by atoms with Gasteiger partial charge in [-0.3, -0.25) is 0 Å². The Morgan fingerprint density at radius 3 is 2.52 bits per heavy atom. The van der Waals surface area contributed by atoms with Crippen LogP contribution in [0.15, 0.2) is 60.0 Å². The molecule has 3 nitrogen and oxygen atoms in total. The maximum atomic E-state index is 11.8. The van der Waals surface area contributed by atoms with Crippen molar-refractivity contribution in [3.8, 4) is 0 Å². The van der Waals surface area contributed by atoms with Crippen molar-refractivity contribution in [1.82, 2.24) is 4.72 Å². The van der Waals surface area contributed by atoms with Crippen molar-refractivity contribution in [1.29, 1.82) is 0 Å². The average molecular weight is 322 g/mol. The molecule has 21 heavy (non-hydrogen) atoms. The SMILES string of the molecule is O=S(=O)(/C=C/c1ccccc1)NCCc1cccc(Cl)c1. The summed E-state index contributed by atoms with van der Waals surface area (Å²) in [4.78, 5) is 0. The highest BCUT2D eigenvalue weighted by atomic mass is 35.5. The Labute approximate surface area is 130 Å². The number of hydrogen-bond donors (Lipinski definition) is 1. The van der Waals surface area contributed by atoms with E-state index in [1.165, 1.54) is 5.41 Å². The van der Waals surface area contributed by atoms with E-state index in [-0.39, 0.29) is 0 Å². The topological polar surface area (TPSA) is 46.2 Å². The Kier molecular flexibility index (Phi) is 5.56. The van der Waals surface area contributed by atoms with Crippen molar-refractivity contribution in [2.75, 3.05) is 6.54 Å². The lowest BCUT2D eigenvalue weighted by Gasteiger charge is -2.03. The zero-order valence-corrected chi connectivity index (χ0v) is 12.9. The molecule has 1 N–H and O–H groups in total. The Balaban J connectivity index is 1.88. The summed E-state index contributed by atoms with van der Waals surface area (Å²) in [6, 6.07) is 16.7. The van der Waals surface area contributed by atoms with Gasteiger partial charge in [0.2, 0.25) is 10.0 Å². The molecule has 2 aromatic carbocycles. The fourth-order valence-corrected chi connectivity index (χ4v) is 2.84. The molecule has 0 saturated heterocycles. The summed E-state index contributed by atoms with van der Waals surface area (Å²) >= 11 is 5.88. The molecule has 0 bridgehead atoms. The number of hydrogen-bond acceptors (Lipinski definition) is 2. The van der Waals surface area contributed by atoms with Crippen LogP contribution in [0.3, 0.4) is 0 Å². The van der Waals surface area contributed by atoms with Crippen LogP contribution in [0.2, 0.25) is 5.02 Å². The van der Waals surface area contributed by atoms with Crippen LogP contribution in [0.25, 0.3) is 6.08 Å². The number of nitrogens with one attached hydrogen (secondary N) is 1. The lowest BCUT2D eigenvalue weighted by molar-refractivity contribution is 0.591. The first-order valence-corrected chi connectivity index (χ1v) is 8.45. The predicted octanol–water partition coefficient (Wildman–Crippen LogP) is 3.47. The third kappa shape index (κ3) is 5.71. The molecule has 0 aliphatic carbocycles. The molecule has 0 fully saturated rings. The van der Waals surface area contributed by atoms with Crippen LogP contribution >= 0.6 is 11.6 Å². The Morgan fingerprint density at radius 1 is 1.05 bits per heavy atom. The minimum Gasteiger partial charge on any atom is -0.211 e. The van der Waals surface area contributed by atoms with Crippen LogP contribution in [0, 0.1) is 0 Å². The first-order chi connectivity index (χ1) is 10.1. The Hall–Kier alpha value is -1.62. The van der Waals surface area contributed by atoms with E-state index in [9.17, 15) is 8.42 Å². The molecule has 2 aromatic rings. The Bertz CT molecular complexity index is 712. The molecule has 0 aliphatic rings. The van der Waals surface area contributed by atoms with Gasteiger partial charge in [0, 0.05) is 17.0 Å². The fraction of sp³-hybridized carbons (Fsp3) is 0.125. The largest absolute Gasteiger partial charge is 0.233 e. The van der Waals surface area contributed by atoms with Crippen LogP contribution in [0.1, 0.15) is 11.1 Å². The quantitative estimate of drug-likeness (QED) is 0.885. The van der Waals surface area contributed by atoms with Gasteiger partial charge >= 0.3 is 0 Å². The summed E-state index contributed by atoms with van der Waals surface area (Å²) in [5.74, 6) is 0. The monoisotopic (exact) mass is 321 g/mol. The van der Waals surface area contributed by atoms with Gasteiger partial charge in [0.25, 0.3) is 0 Å². The van der Waals surface area contributed by atoms with Crippen molar-refractivity contribution >= 4 is 27.7 Å². The molecule has 0 heterocycles. The van der Waals surface area contributed by atoms with Crippen LogP contribution < -0.4 is 4.72 Å². The number of rotatable bonds is 6. The molecule has 0 saturated carbocycles. The standard InChI is InChI=1S/C16H16ClNO2S/c17-16-8-4-7-15(13-16)9-11-18-21(19,20)12-10-14-5-2-1-3-6-14/h1-8,10,12-13,18H,9,11H2/b12-10+. The zero-order valence-electron chi connectivity index (χ0n) is 11.4. The molecule has 2 rings (SSSR count). The lowest BCUT2D eigenvalue weighted by Crippen LogP contribution is -2.23. The minimum absolute atomic E-state index is 0.335. The molecule has 110 valence electrons. The van der Waals surface area contributed by atoms with E-state index in [1.807, 2.05) is 48.5 Å². The van der Waals surface area contributed by atoms with Gasteiger partial charge < -0.3 is 0 Å². The zero-order chi connectivity index (χ0) is 15.1. The highest BCUT2D eigenvalue weighted by Crippen LogP contribution is 2.10. The maximum Gasteiger partial charge on any atom is 0.233 e. The first-order valence-electron chi connectivity index (χ1n) is 6.52. The van der Waals surface area contributed by atoms with Crippen molar-refractivity contribution in [3.63, 3.8) is 0 Å². The van der Waals surface area contributed by atoms with Crippen molar-refractivity contribution in [2.24, 2.45) is 0 Å². The summed E-state index contributed by atoms with van der Waals surface area (Å²) < 4.78 is 26.2. The van der Waals surface area contributed by atoms with Crippen molar-refractivity contribution in [2.45, 2.75) is 6.42 Å². The summed E-state index contributed by atoms with van der Waals surface area (Å²) in [7, 11) is -3.42. The molecule has 0 atom stereocenters. The number of halogens is 1. The summed E-state index contributed by atoms with van der Waals surface area (Å²) in [6.45, 7) is 0.335. The minimum atomic E-state index is -3.42. The summed E-state index contributed by atoms with van der Waals surface area (Å²) in [5, 5.41) is 1.83. The van der Waals surface area contributed by atoms with E-state index in [4.69, 9.17) is 11.6 Å². The van der Waals surface area contributed by atoms with Gasteiger partial charge in [0.05, 0.1) is 0 Å². The van der Waals surface area contributed by atoms with Crippen LogP contribution in [0.4, 0.5) is 0 Å². The number of sulfonamides is 1. The summed E-state index contributed by atoms with van der Waals surface area (Å²) in [5.41, 5.74) is 1.84. The van der Waals surface area contributed by atoms with Gasteiger partial charge in [-0.05, 0) is 35.8 Å². The van der Waals surface area contributed by atoms with Gasteiger partial charge in [-0.15, -0.1) is 0 Å². The molecule has 0 aliphatic heterocycles. The number of benzene rings is 2. The molecule has 0 unspecified atom stereocenters. The third-order valence-corrected chi connectivity index (χ3v) is 4.18. The van der Waals surface area contributed by atoms with Crippen LogP contribution in [0.5, 0.6) is 0 Å². The lowest BCUT2D eigenvalue weighted by atomic mass is 10.2. The second kappa shape index (κ2) is 7.41. The molecule has 0 spiro atoms. The van der Waals surface area contributed by atoms with E-state index < -0.39 is 10.0 Å². The second-order valence-corrected chi connectivity index (χ2v) is 6.62. The van der Waals surface area contributed by atoms with E-state index in [0.29, 0.717) is 18.0 Å². The molecule has 0 radical (unpaired) electrons. The van der Waals surface area contributed by atoms with Crippen molar-refractivity contribution < 1.29 is 8.42 Å². The van der Waals surface area contributed by atoms with E-state index in [0.717, 1.165) is 11.1 Å². The van der Waals surface area contributed by atoms with Crippen LogP contribution in [-0.2, 0) is 16.4 Å². The van der Waals surface area contributed by atoms with Crippen LogP contribution in [-0.4, -0.2) is 15.0 Å². The van der Waals surface area contributed by atoms with Gasteiger partial charge in [0.1, 0.15) is 0 Å². The van der Waals surface area contributed by atoms with E-state index in [2.05, 4.69) is 4.72 Å². The third-order valence-electron chi connectivity index (χ3n) is 2.85.